The molecule has 0 radical (unpaired) electrons. The third kappa shape index (κ3) is 11.1. The number of hydrogen-bond acceptors (Lipinski definition) is 2. The molecule has 4 heterocycles. The minimum Gasteiger partial charge on any atom is -0.311 e. The average molecular weight is 1360 g/mol. The Balaban J connectivity index is 0.000000145. The SMILES string of the molecule is Cc1ccc(N(c2ccc(C)cc2)c2ccc(-c3ccc4c(c3)c3ccccc3n4-c3cccc(-n4c5ccccc5c5ccccc54)c3)cc2)cc1.Cc1cccc(N(c2ccc(-c3ccc4c(c3)c3ccccc3n4-c3cccc(-n4c5ccccc5c5ccccc54)c3)cc2)c2cccc(C)c2)c1. The van der Waals surface area contributed by atoms with Crippen LogP contribution in [0.2, 0.25) is 0 Å². The van der Waals surface area contributed by atoms with Crippen LogP contribution in [0.3, 0.4) is 0 Å². The van der Waals surface area contributed by atoms with Crippen LogP contribution in [-0.4, -0.2) is 18.3 Å². The molecular formula is C100H74N6. The van der Waals surface area contributed by atoms with Crippen molar-refractivity contribution < 1.29 is 0 Å². The van der Waals surface area contributed by atoms with Crippen LogP contribution in [0.4, 0.5) is 34.1 Å². The molecule has 0 aliphatic heterocycles. The van der Waals surface area contributed by atoms with Gasteiger partial charge in [0.2, 0.25) is 0 Å². The number of fused-ring (bicyclic) bond motifs is 12. The number of rotatable bonds is 12. The van der Waals surface area contributed by atoms with Crippen molar-refractivity contribution in [2.75, 3.05) is 9.80 Å². The molecule has 0 aliphatic carbocycles. The zero-order valence-corrected chi connectivity index (χ0v) is 59.5. The molecule has 504 valence electrons. The number of aryl methyl sites for hydroxylation is 4. The molecule has 0 fully saturated rings. The summed E-state index contributed by atoms with van der Waals surface area (Å²) in [7, 11) is 0. The number of anilines is 6. The van der Waals surface area contributed by atoms with Crippen molar-refractivity contribution in [2.24, 2.45) is 0 Å². The molecule has 4 aromatic heterocycles. The molecule has 0 spiro atoms. The lowest BCUT2D eigenvalue weighted by molar-refractivity contribution is 1.13. The molecule has 106 heavy (non-hydrogen) atoms. The second-order valence-corrected chi connectivity index (χ2v) is 28.1. The van der Waals surface area contributed by atoms with Gasteiger partial charge in [-0.3, -0.25) is 0 Å². The van der Waals surface area contributed by atoms with Crippen LogP contribution in [0.25, 0.3) is 132 Å². The number of aromatic nitrogens is 4. The Morgan fingerprint density at radius 2 is 0.406 bits per heavy atom. The van der Waals surface area contributed by atoms with E-state index in [0.717, 1.165) is 56.9 Å². The smallest absolute Gasteiger partial charge is 0.0541 e. The zero-order valence-electron chi connectivity index (χ0n) is 59.5. The summed E-state index contributed by atoms with van der Waals surface area (Å²) in [5.41, 5.74) is 30.8. The first-order chi connectivity index (χ1) is 52.2. The van der Waals surface area contributed by atoms with E-state index in [9.17, 15) is 0 Å². The van der Waals surface area contributed by atoms with Gasteiger partial charge in [-0.05, 0) is 231 Å². The van der Waals surface area contributed by atoms with Gasteiger partial charge in [0.1, 0.15) is 0 Å². The van der Waals surface area contributed by atoms with Crippen LogP contribution in [0.15, 0.2) is 376 Å². The van der Waals surface area contributed by atoms with Gasteiger partial charge in [0.05, 0.1) is 44.1 Å². The van der Waals surface area contributed by atoms with Crippen LogP contribution < -0.4 is 9.80 Å². The maximum atomic E-state index is 2.41. The van der Waals surface area contributed by atoms with E-state index in [4.69, 9.17) is 0 Å². The van der Waals surface area contributed by atoms with Gasteiger partial charge in [-0.1, -0.05) is 217 Å². The van der Waals surface area contributed by atoms with Gasteiger partial charge in [-0.25, -0.2) is 0 Å². The first-order valence-corrected chi connectivity index (χ1v) is 36.5. The lowest BCUT2D eigenvalue weighted by atomic mass is 10.0. The monoisotopic (exact) mass is 1360 g/mol. The fraction of sp³-hybridized carbons (Fsp3) is 0.0400. The minimum atomic E-state index is 1.13. The molecule has 6 nitrogen and oxygen atoms in total. The van der Waals surface area contributed by atoms with Gasteiger partial charge in [0.25, 0.3) is 0 Å². The second kappa shape index (κ2) is 26.3. The van der Waals surface area contributed by atoms with Gasteiger partial charge < -0.3 is 28.1 Å². The molecule has 0 aliphatic rings. The highest BCUT2D eigenvalue weighted by Crippen LogP contribution is 2.43. The number of nitrogens with zero attached hydrogens (tertiary/aromatic N) is 6. The number of para-hydroxylation sites is 6. The first-order valence-electron chi connectivity index (χ1n) is 36.5. The molecule has 20 aromatic rings. The average Bonchev–Trinajstić information content (AvgIpc) is 1.62. The normalized spacial score (nSPS) is 11.6. The van der Waals surface area contributed by atoms with Crippen LogP contribution in [0.5, 0.6) is 0 Å². The Hall–Kier alpha value is -13.7. The third-order valence-corrected chi connectivity index (χ3v) is 21.2. The van der Waals surface area contributed by atoms with Gasteiger partial charge in [-0.2, -0.15) is 0 Å². The van der Waals surface area contributed by atoms with Crippen molar-refractivity contribution >= 4 is 121 Å². The summed E-state index contributed by atoms with van der Waals surface area (Å²) >= 11 is 0. The summed E-state index contributed by atoms with van der Waals surface area (Å²) in [5, 5.41) is 10.0. The van der Waals surface area contributed by atoms with Crippen LogP contribution >= 0.6 is 0 Å². The van der Waals surface area contributed by atoms with E-state index in [-0.39, 0.29) is 0 Å². The van der Waals surface area contributed by atoms with Crippen molar-refractivity contribution in [2.45, 2.75) is 27.7 Å². The minimum absolute atomic E-state index is 1.13. The van der Waals surface area contributed by atoms with E-state index in [1.54, 1.807) is 0 Å². The van der Waals surface area contributed by atoms with E-state index in [2.05, 4.69) is 432 Å². The van der Waals surface area contributed by atoms with Gasteiger partial charge in [0.15, 0.2) is 0 Å². The fourth-order valence-electron chi connectivity index (χ4n) is 16.2. The molecule has 20 rings (SSSR count). The molecule has 16 aromatic carbocycles. The summed E-state index contributed by atoms with van der Waals surface area (Å²) in [6, 6.07) is 137. The molecular weight excluding hydrogens is 1290 g/mol. The van der Waals surface area contributed by atoms with E-state index in [1.165, 1.54) is 132 Å². The highest BCUT2D eigenvalue weighted by atomic mass is 15.1. The molecule has 0 N–H and O–H groups in total. The van der Waals surface area contributed by atoms with E-state index in [1.807, 2.05) is 0 Å². The lowest BCUT2D eigenvalue weighted by Crippen LogP contribution is -2.10. The van der Waals surface area contributed by atoms with Gasteiger partial charge >= 0.3 is 0 Å². The van der Waals surface area contributed by atoms with Crippen molar-refractivity contribution in [3.8, 4) is 45.0 Å². The molecule has 0 amide bonds. The van der Waals surface area contributed by atoms with E-state index in [0.29, 0.717) is 0 Å². The van der Waals surface area contributed by atoms with E-state index < -0.39 is 0 Å². The topological polar surface area (TPSA) is 26.2 Å². The number of benzene rings is 16. The largest absolute Gasteiger partial charge is 0.311 e. The summed E-state index contributed by atoms with van der Waals surface area (Å²) < 4.78 is 9.61. The lowest BCUT2D eigenvalue weighted by Gasteiger charge is -2.26. The predicted molar refractivity (Wildman–Crippen MR) is 449 cm³/mol. The van der Waals surface area contributed by atoms with Crippen molar-refractivity contribution in [1.82, 2.24) is 18.3 Å². The maximum Gasteiger partial charge on any atom is 0.0541 e. The highest BCUT2D eigenvalue weighted by molar-refractivity contribution is 6.13. The van der Waals surface area contributed by atoms with Crippen molar-refractivity contribution in [3.05, 3.63) is 398 Å². The van der Waals surface area contributed by atoms with Crippen LogP contribution in [0.1, 0.15) is 22.3 Å². The van der Waals surface area contributed by atoms with Crippen molar-refractivity contribution in [1.29, 1.82) is 0 Å². The standard InChI is InChI=1S/2C50H37N3/c1-34-12-9-14-39(30-34)51(40-15-10-13-35(2)31-40)38-27-24-36(25-28-38)37-26-29-50-46(32-37)45-20-5-8-23-49(45)53(50)42-17-11-16-41(33-42)52-47-21-6-3-18-43(47)44-19-4-7-22-48(44)52;1-34-18-25-38(26-19-34)51(39-27-20-35(2)21-28-39)40-29-22-36(23-30-40)37-24-31-50-46(32-37)45-14-5-8-17-49(45)53(50)42-11-9-10-41(33-42)52-47-15-6-3-12-43(47)44-13-4-7-16-48(44)52/h2*3-33H,1-2H3. The molecule has 0 bridgehead atoms. The Kier molecular flexibility index (Phi) is 15.7. The number of hydrogen-bond donors (Lipinski definition) is 0. The molecule has 0 saturated heterocycles. The molecule has 6 heteroatoms. The molecule has 0 atom stereocenters. The first kappa shape index (κ1) is 63.3. The second-order valence-electron chi connectivity index (χ2n) is 28.1. The van der Waals surface area contributed by atoms with Crippen LogP contribution in [-0.2, 0) is 0 Å². The van der Waals surface area contributed by atoms with Crippen LogP contribution in [0, 0.1) is 27.7 Å². The summed E-state index contributed by atoms with van der Waals surface area (Å²) in [5.74, 6) is 0. The van der Waals surface area contributed by atoms with Gasteiger partial charge in [0, 0.05) is 100.0 Å². The summed E-state index contributed by atoms with van der Waals surface area (Å²) in [6.07, 6.45) is 0. The molecule has 0 unspecified atom stereocenters. The Morgan fingerprint density at radius 1 is 0.160 bits per heavy atom. The van der Waals surface area contributed by atoms with E-state index >= 15 is 0 Å². The third-order valence-electron chi connectivity index (χ3n) is 21.2. The Bertz CT molecular complexity index is 6550. The predicted octanol–water partition coefficient (Wildman–Crippen LogP) is 27.3. The zero-order chi connectivity index (χ0) is 70.9. The maximum absolute atomic E-state index is 2.41. The molecule has 0 saturated carbocycles. The summed E-state index contributed by atoms with van der Waals surface area (Å²) in [6.45, 7) is 8.56. The van der Waals surface area contributed by atoms with Gasteiger partial charge in [-0.15, -0.1) is 0 Å². The summed E-state index contributed by atoms with van der Waals surface area (Å²) in [4.78, 5) is 4.67. The Morgan fingerprint density at radius 3 is 0.708 bits per heavy atom. The highest BCUT2D eigenvalue weighted by Gasteiger charge is 2.21. The quantitative estimate of drug-likeness (QED) is 0.122. The Labute approximate surface area is 616 Å². The fourth-order valence-corrected chi connectivity index (χ4v) is 16.2. The van der Waals surface area contributed by atoms with Crippen molar-refractivity contribution in [3.63, 3.8) is 0 Å².